The van der Waals surface area contributed by atoms with E-state index < -0.39 is 6.04 Å². The second-order valence-corrected chi connectivity index (χ2v) is 11.8. The third-order valence-corrected chi connectivity index (χ3v) is 7.95. The summed E-state index contributed by atoms with van der Waals surface area (Å²) < 4.78 is 12.8. The highest BCUT2D eigenvalue weighted by Crippen LogP contribution is 2.29. The number of carbonyl (C=O) groups is 2. The molecule has 4 rings (SSSR count). The Labute approximate surface area is 260 Å². The number of fused-ring (bicyclic) bond motifs is 1. The second kappa shape index (κ2) is 16.3. The number of likely N-dealkylation sites (N-methyl/N-ethyl adjacent to an activating group) is 1. The van der Waals surface area contributed by atoms with Gasteiger partial charge < -0.3 is 24.8 Å². The third-order valence-electron chi connectivity index (χ3n) is 7.95. The summed E-state index contributed by atoms with van der Waals surface area (Å²) in [5, 5.41) is 13.1. The topological polar surface area (TPSA) is 117 Å². The molecule has 0 aliphatic carbocycles. The summed E-state index contributed by atoms with van der Waals surface area (Å²) in [6.45, 7) is 8.14. The average Bonchev–Trinajstić information content (AvgIpc) is 3.03. The van der Waals surface area contributed by atoms with E-state index in [0.29, 0.717) is 42.3 Å². The first-order valence-corrected chi connectivity index (χ1v) is 15.4. The van der Waals surface area contributed by atoms with Crippen LogP contribution in [0.15, 0.2) is 67.3 Å². The molecule has 0 bridgehead atoms. The molecule has 0 spiro atoms. The number of nitrogens with zero attached hydrogens (tertiary/aromatic N) is 4. The lowest BCUT2D eigenvalue weighted by molar-refractivity contribution is -0.0177. The van der Waals surface area contributed by atoms with E-state index in [4.69, 9.17) is 9.47 Å². The smallest absolute Gasteiger partial charge is 0.258 e. The maximum atomic E-state index is 14.3. The van der Waals surface area contributed by atoms with Gasteiger partial charge in [0.25, 0.3) is 11.8 Å². The predicted octanol–water partition coefficient (Wildman–Crippen LogP) is 4.66. The van der Waals surface area contributed by atoms with Crippen LogP contribution < -0.4 is 10.1 Å². The summed E-state index contributed by atoms with van der Waals surface area (Å²) in [5.74, 6) is -0.163. The number of benzene rings is 1. The summed E-state index contributed by atoms with van der Waals surface area (Å²) in [7, 11) is 2.07. The molecule has 2 aromatic heterocycles. The van der Waals surface area contributed by atoms with Crippen LogP contribution in [0.5, 0.6) is 5.75 Å². The minimum atomic E-state index is -0.451. The van der Waals surface area contributed by atoms with Crippen molar-refractivity contribution in [3.8, 4) is 5.75 Å². The molecule has 1 aliphatic heterocycles. The predicted molar refractivity (Wildman–Crippen MR) is 170 cm³/mol. The zero-order valence-corrected chi connectivity index (χ0v) is 26.2. The first-order valence-electron chi connectivity index (χ1n) is 15.4. The van der Waals surface area contributed by atoms with Crippen molar-refractivity contribution in [1.82, 2.24) is 19.8 Å². The minimum absolute atomic E-state index is 0.0337. The molecule has 0 saturated heterocycles. The molecular formula is C34H45N5O5. The number of ether oxygens (including phenoxy) is 2. The molecular weight excluding hydrogens is 558 g/mol. The lowest BCUT2D eigenvalue weighted by Crippen LogP contribution is -2.47. The summed E-state index contributed by atoms with van der Waals surface area (Å²) in [6.07, 6.45) is 9.05. The summed E-state index contributed by atoms with van der Waals surface area (Å²) >= 11 is 0. The Morgan fingerprint density at radius 3 is 2.50 bits per heavy atom. The van der Waals surface area contributed by atoms with Gasteiger partial charge in [-0.15, -0.1) is 0 Å². The van der Waals surface area contributed by atoms with Gasteiger partial charge in [0, 0.05) is 68.2 Å². The van der Waals surface area contributed by atoms with Crippen molar-refractivity contribution in [3.63, 3.8) is 0 Å². The first kappa shape index (κ1) is 33.0. The maximum absolute atomic E-state index is 14.3. The van der Waals surface area contributed by atoms with E-state index in [2.05, 4.69) is 34.2 Å². The van der Waals surface area contributed by atoms with E-state index in [1.807, 2.05) is 26.0 Å². The maximum Gasteiger partial charge on any atom is 0.258 e. The Hall–Kier alpha value is -3.86. The molecule has 1 aromatic carbocycles. The van der Waals surface area contributed by atoms with Gasteiger partial charge in [0.05, 0.1) is 30.4 Å². The Kier molecular flexibility index (Phi) is 12.2. The highest BCUT2D eigenvalue weighted by atomic mass is 16.5. The van der Waals surface area contributed by atoms with Gasteiger partial charge in [0.2, 0.25) is 0 Å². The van der Waals surface area contributed by atoms with E-state index in [-0.39, 0.29) is 36.5 Å². The van der Waals surface area contributed by atoms with Gasteiger partial charge in [-0.25, -0.2) is 0 Å². The van der Waals surface area contributed by atoms with Crippen LogP contribution in [-0.2, 0) is 11.3 Å². The number of anilines is 1. The van der Waals surface area contributed by atoms with Gasteiger partial charge >= 0.3 is 0 Å². The first-order chi connectivity index (χ1) is 21.2. The number of aliphatic hydroxyl groups is 1. The Bertz CT molecular complexity index is 1340. The fraction of sp³-hybridized carbons (Fsp3) is 0.471. The van der Waals surface area contributed by atoms with Crippen LogP contribution in [0.1, 0.15) is 66.3 Å². The van der Waals surface area contributed by atoms with E-state index >= 15 is 0 Å². The fourth-order valence-electron chi connectivity index (χ4n) is 5.34. The lowest BCUT2D eigenvalue weighted by atomic mass is 10.0. The van der Waals surface area contributed by atoms with Crippen molar-refractivity contribution in [2.75, 3.05) is 38.7 Å². The quantitative estimate of drug-likeness (QED) is 0.382. The second-order valence-electron chi connectivity index (χ2n) is 11.8. The number of rotatable bonds is 8. The van der Waals surface area contributed by atoms with Gasteiger partial charge in [-0.2, -0.15) is 0 Å². The highest BCUT2D eigenvalue weighted by Gasteiger charge is 2.30. The zero-order chi connectivity index (χ0) is 31.5. The molecule has 236 valence electrons. The van der Waals surface area contributed by atoms with Crippen molar-refractivity contribution >= 4 is 17.5 Å². The van der Waals surface area contributed by atoms with E-state index in [1.54, 1.807) is 60.0 Å². The fourth-order valence-corrected chi connectivity index (χ4v) is 5.34. The monoisotopic (exact) mass is 603 g/mol. The van der Waals surface area contributed by atoms with Crippen molar-refractivity contribution < 1.29 is 24.2 Å². The number of aliphatic hydroxyl groups excluding tert-OH is 1. The highest BCUT2D eigenvalue weighted by molar-refractivity contribution is 6.05. The molecule has 0 fully saturated rings. The van der Waals surface area contributed by atoms with Crippen LogP contribution in [-0.4, -0.2) is 88.3 Å². The molecule has 2 N–H and O–H groups in total. The van der Waals surface area contributed by atoms with Gasteiger partial charge in [-0.3, -0.25) is 24.5 Å². The van der Waals surface area contributed by atoms with Crippen molar-refractivity contribution in [3.05, 3.63) is 83.9 Å². The van der Waals surface area contributed by atoms with Crippen molar-refractivity contribution in [2.45, 2.75) is 64.8 Å². The standard InChI is InChI=1S/C34H45N5O5/c1-24-20-39(25(2)23-40)34(42)30-19-29(37-33(41)28-12-16-36-17-13-28)8-9-31(30)44-26(3)7-5-6-18-43-32(24)22-38(4)21-27-10-14-35-15-11-27/h8-17,19,24-26,32,40H,5-7,18,20-23H2,1-4H3,(H,37,41)/t24-,25-,26+,32+/m1/s1. The number of carbonyl (C=O) groups excluding carboxylic acids is 2. The van der Waals surface area contributed by atoms with Crippen molar-refractivity contribution in [2.24, 2.45) is 5.92 Å². The Morgan fingerprint density at radius 2 is 1.80 bits per heavy atom. The van der Waals surface area contributed by atoms with Crippen LogP contribution in [0.4, 0.5) is 5.69 Å². The third kappa shape index (κ3) is 9.32. The van der Waals surface area contributed by atoms with Crippen LogP contribution in [0.2, 0.25) is 0 Å². The molecule has 10 nitrogen and oxygen atoms in total. The van der Waals surface area contributed by atoms with E-state index in [9.17, 15) is 14.7 Å². The molecule has 0 unspecified atom stereocenters. The molecule has 3 heterocycles. The van der Waals surface area contributed by atoms with Crippen LogP contribution >= 0.6 is 0 Å². The van der Waals surface area contributed by atoms with Gasteiger partial charge in [-0.05, 0) is 88.2 Å². The normalized spacial score (nSPS) is 20.7. The number of hydrogen-bond donors (Lipinski definition) is 2. The number of nitrogens with one attached hydrogen (secondary N) is 1. The molecule has 2 amide bonds. The SMILES string of the molecule is C[C@@H]1CN([C@H](C)CO)C(=O)c2cc(NC(=O)c3ccncc3)ccc2O[C@@H](C)CCCCO[C@H]1CN(C)Cc1ccncc1. The largest absolute Gasteiger partial charge is 0.490 e. The van der Waals surface area contributed by atoms with E-state index in [1.165, 1.54) is 5.56 Å². The number of pyridine rings is 2. The van der Waals surface area contributed by atoms with Crippen LogP contribution in [0, 0.1) is 5.92 Å². The number of aromatic nitrogens is 2. The van der Waals surface area contributed by atoms with E-state index in [0.717, 1.165) is 25.8 Å². The Balaban J connectivity index is 1.61. The van der Waals surface area contributed by atoms with Gasteiger partial charge in [-0.1, -0.05) is 6.92 Å². The Morgan fingerprint density at radius 1 is 1.09 bits per heavy atom. The minimum Gasteiger partial charge on any atom is -0.490 e. The molecule has 3 aromatic rings. The summed E-state index contributed by atoms with van der Waals surface area (Å²) in [5.41, 5.74) is 2.43. The van der Waals surface area contributed by atoms with Gasteiger partial charge in [0.1, 0.15) is 5.75 Å². The molecule has 10 heteroatoms. The average molecular weight is 604 g/mol. The summed E-state index contributed by atoms with van der Waals surface area (Å²) in [6, 6.07) is 12.0. The summed E-state index contributed by atoms with van der Waals surface area (Å²) in [4.78, 5) is 39.2. The van der Waals surface area contributed by atoms with Gasteiger partial charge in [0.15, 0.2) is 0 Å². The zero-order valence-electron chi connectivity index (χ0n) is 26.2. The molecule has 0 saturated carbocycles. The number of amides is 2. The lowest BCUT2D eigenvalue weighted by Gasteiger charge is -2.36. The van der Waals surface area contributed by atoms with Crippen LogP contribution in [0.25, 0.3) is 0 Å². The van der Waals surface area contributed by atoms with Crippen molar-refractivity contribution in [1.29, 1.82) is 0 Å². The molecule has 44 heavy (non-hydrogen) atoms. The molecule has 0 radical (unpaired) electrons. The molecule has 1 aliphatic rings. The number of hydrogen-bond acceptors (Lipinski definition) is 8. The van der Waals surface area contributed by atoms with Crippen LogP contribution in [0.3, 0.4) is 0 Å². The molecule has 4 atom stereocenters.